The average Bonchev–Trinajstić information content (AvgIpc) is 3.28. The number of allylic oxidation sites excluding steroid dienone is 20. The zero-order chi connectivity index (χ0) is 45.8. The molecule has 0 fully saturated rings. The first kappa shape index (κ1) is 58.8. The lowest BCUT2D eigenvalue weighted by atomic mass is 10.1. The van der Waals surface area contributed by atoms with E-state index in [1.807, 2.05) is 36.5 Å². The zero-order valence-electron chi connectivity index (χ0n) is 40.3. The summed E-state index contributed by atoms with van der Waals surface area (Å²) in [4.78, 5) is 37.9. The highest BCUT2D eigenvalue weighted by Crippen LogP contribution is 2.12. The van der Waals surface area contributed by atoms with Crippen LogP contribution in [-0.4, -0.2) is 37.2 Å². The quantitative estimate of drug-likeness (QED) is 0.0200. The van der Waals surface area contributed by atoms with E-state index < -0.39 is 6.10 Å². The van der Waals surface area contributed by atoms with Gasteiger partial charge in [0.25, 0.3) is 0 Å². The maximum atomic E-state index is 12.8. The van der Waals surface area contributed by atoms with Crippen molar-refractivity contribution in [3.63, 3.8) is 0 Å². The molecular formula is C57H90O6. The summed E-state index contributed by atoms with van der Waals surface area (Å²) >= 11 is 0. The number of hydrogen-bond donors (Lipinski definition) is 0. The average molecular weight is 871 g/mol. The SMILES string of the molecule is CC\C=C/C=C\C=C/C=C\CCCCCC(=O)OC(COC(=O)CCCCC/C=C\C/C=C\C/C=C\C/C=C\C/C=C\CC)COC(=O)CCCCC/C=C\CCCCCCCC. The number of unbranched alkanes of at least 4 members (excludes halogenated alkanes) is 15. The number of ether oxygens (including phenoxy) is 3. The third kappa shape index (κ3) is 48.7. The molecule has 0 aromatic heterocycles. The number of esters is 3. The van der Waals surface area contributed by atoms with Gasteiger partial charge in [-0.25, -0.2) is 0 Å². The van der Waals surface area contributed by atoms with Crippen molar-refractivity contribution in [2.75, 3.05) is 13.2 Å². The van der Waals surface area contributed by atoms with Crippen molar-refractivity contribution >= 4 is 17.9 Å². The zero-order valence-corrected chi connectivity index (χ0v) is 40.3. The third-order valence-corrected chi connectivity index (χ3v) is 10.0. The van der Waals surface area contributed by atoms with Crippen LogP contribution in [0.1, 0.15) is 201 Å². The summed E-state index contributed by atoms with van der Waals surface area (Å²) in [7, 11) is 0. The number of hydrogen-bond acceptors (Lipinski definition) is 6. The minimum atomic E-state index is -0.821. The second kappa shape index (κ2) is 50.5. The molecule has 0 radical (unpaired) electrons. The number of carbonyl (C=O) groups excluding carboxylic acids is 3. The van der Waals surface area contributed by atoms with E-state index >= 15 is 0 Å². The minimum absolute atomic E-state index is 0.116. The molecule has 0 amide bonds. The molecule has 6 nitrogen and oxygen atoms in total. The van der Waals surface area contributed by atoms with Crippen LogP contribution in [0.4, 0.5) is 0 Å². The Morgan fingerprint density at radius 2 is 0.698 bits per heavy atom. The van der Waals surface area contributed by atoms with Gasteiger partial charge in [0, 0.05) is 19.3 Å². The molecule has 6 heteroatoms. The first-order valence-electron chi connectivity index (χ1n) is 25.1. The summed E-state index contributed by atoms with van der Waals surface area (Å²) < 4.78 is 16.7. The molecule has 1 unspecified atom stereocenters. The summed E-state index contributed by atoms with van der Waals surface area (Å²) in [5.41, 5.74) is 0. The topological polar surface area (TPSA) is 78.9 Å². The molecule has 0 saturated carbocycles. The van der Waals surface area contributed by atoms with Crippen molar-refractivity contribution in [1.82, 2.24) is 0 Å². The first-order chi connectivity index (χ1) is 31.0. The van der Waals surface area contributed by atoms with Gasteiger partial charge in [-0.05, 0) is 109 Å². The number of carbonyl (C=O) groups is 3. The van der Waals surface area contributed by atoms with E-state index in [1.165, 1.54) is 38.5 Å². The molecule has 63 heavy (non-hydrogen) atoms. The molecule has 0 heterocycles. The van der Waals surface area contributed by atoms with E-state index in [1.54, 1.807) is 0 Å². The standard InChI is InChI=1S/C57H90O6/c1-4-7-10-13-16-19-22-25-26-27-28-29-30-33-35-38-41-44-47-50-56(59)62-53-54(63-57(60)51-48-45-42-39-36-32-24-21-18-15-12-9-6-3)52-61-55(58)49-46-43-40-37-34-31-23-20-17-14-11-8-5-2/h7,9-10,12,15-16,18-19,21,24-26,28-29,31-36,54H,4-6,8,11,13-14,17,20,22-23,27,30,37-53H2,1-3H3/b10-7-,12-9-,18-15-,19-16-,24-21-,26-25-,29-28-,34-31-,35-33-,36-32-. The predicted octanol–water partition coefficient (Wildman–Crippen LogP) is 16.5. The molecule has 0 aromatic rings. The maximum absolute atomic E-state index is 12.8. The van der Waals surface area contributed by atoms with E-state index in [0.717, 1.165) is 116 Å². The van der Waals surface area contributed by atoms with Gasteiger partial charge in [0.1, 0.15) is 13.2 Å². The van der Waals surface area contributed by atoms with Gasteiger partial charge in [0.2, 0.25) is 0 Å². The Bertz CT molecular complexity index is 1370. The fourth-order valence-electron chi connectivity index (χ4n) is 6.29. The molecule has 0 N–H and O–H groups in total. The van der Waals surface area contributed by atoms with Gasteiger partial charge >= 0.3 is 17.9 Å². The lowest BCUT2D eigenvalue weighted by Crippen LogP contribution is -2.30. The smallest absolute Gasteiger partial charge is 0.306 e. The van der Waals surface area contributed by atoms with Crippen LogP contribution in [0.3, 0.4) is 0 Å². The van der Waals surface area contributed by atoms with Crippen molar-refractivity contribution in [3.05, 3.63) is 122 Å². The lowest BCUT2D eigenvalue weighted by Gasteiger charge is -2.18. The maximum Gasteiger partial charge on any atom is 0.306 e. The van der Waals surface area contributed by atoms with Crippen LogP contribution in [0.2, 0.25) is 0 Å². The highest BCUT2D eigenvalue weighted by atomic mass is 16.6. The molecule has 1 atom stereocenters. The Labute approximate surface area is 386 Å². The largest absolute Gasteiger partial charge is 0.462 e. The Kier molecular flexibility index (Phi) is 47.1. The Balaban J connectivity index is 4.53. The summed E-state index contributed by atoms with van der Waals surface area (Å²) in [6.07, 6.45) is 69.0. The van der Waals surface area contributed by atoms with Crippen LogP contribution in [-0.2, 0) is 28.6 Å². The lowest BCUT2D eigenvalue weighted by molar-refractivity contribution is -0.167. The van der Waals surface area contributed by atoms with Crippen molar-refractivity contribution in [2.45, 2.75) is 207 Å². The number of rotatable bonds is 43. The summed E-state index contributed by atoms with van der Waals surface area (Å²) in [5.74, 6) is -1.01. The van der Waals surface area contributed by atoms with Gasteiger partial charge in [0.15, 0.2) is 6.10 Å². The summed E-state index contributed by atoms with van der Waals surface area (Å²) in [6.45, 7) is 6.27. The molecule has 0 aliphatic carbocycles. The van der Waals surface area contributed by atoms with E-state index in [0.29, 0.717) is 19.3 Å². The van der Waals surface area contributed by atoms with E-state index in [2.05, 4.69) is 106 Å². The van der Waals surface area contributed by atoms with Gasteiger partial charge in [-0.3, -0.25) is 14.4 Å². The van der Waals surface area contributed by atoms with Crippen molar-refractivity contribution in [1.29, 1.82) is 0 Å². The molecule has 0 aliphatic rings. The van der Waals surface area contributed by atoms with Crippen LogP contribution in [0.15, 0.2) is 122 Å². The third-order valence-electron chi connectivity index (χ3n) is 10.0. The van der Waals surface area contributed by atoms with E-state index in [9.17, 15) is 14.4 Å². The highest BCUT2D eigenvalue weighted by molar-refractivity contribution is 5.71. The molecule has 0 rings (SSSR count). The molecule has 0 bridgehead atoms. The summed E-state index contributed by atoms with van der Waals surface area (Å²) in [5, 5.41) is 0. The minimum Gasteiger partial charge on any atom is -0.462 e. The van der Waals surface area contributed by atoms with Gasteiger partial charge in [-0.2, -0.15) is 0 Å². The van der Waals surface area contributed by atoms with Gasteiger partial charge < -0.3 is 14.2 Å². The van der Waals surface area contributed by atoms with Crippen molar-refractivity contribution in [3.8, 4) is 0 Å². The molecule has 0 saturated heterocycles. The molecule has 354 valence electrons. The fourth-order valence-corrected chi connectivity index (χ4v) is 6.29. The van der Waals surface area contributed by atoms with Gasteiger partial charge in [-0.15, -0.1) is 0 Å². The van der Waals surface area contributed by atoms with Crippen LogP contribution < -0.4 is 0 Å². The first-order valence-corrected chi connectivity index (χ1v) is 25.1. The van der Waals surface area contributed by atoms with Crippen LogP contribution in [0.25, 0.3) is 0 Å². The Morgan fingerprint density at radius 3 is 1.17 bits per heavy atom. The Hall–Kier alpha value is -4.19. The van der Waals surface area contributed by atoms with Crippen LogP contribution in [0.5, 0.6) is 0 Å². The normalized spacial score (nSPS) is 13.1. The van der Waals surface area contributed by atoms with Crippen LogP contribution in [0, 0.1) is 0 Å². The van der Waals surface area contributed by atoms with Crippen molar-refractivity contribution in [2.24, 2.45) is 0 Å². The fraction of sp³-hybridized carbons (Fsp3) is 0.596. The Morgan fingerprint density at radius 1 is 0.349 bits per heavy atom. The van der Waals surface area contributed by atoms with E-state index in [4.69, 9.17) is 14.2 Å². The molecule has 0 spiro atoms. The highest BCUT2D eigenvalue weighted by Gasteiger charge is 2.19. The van der Waals surface area contributed by atoms with Gasteiger partial charge in [-0.1, -0.05) is 194 Å². The second-order valence-electron chi connectivity index (χ2n) is 16.0. The predicted molar refractivity (Wildman–Crippen MR) is 269 cm³/mol. The second-order valence-corrected chi connectivity index (χ2v) is 16.0. The monoisotopic (exact) mass is 871 g/mol. The van der Waals surface area contributed by atoms with E-state index in [-0.39, 0.29) is 37.5 Å². The van der Waals surface area contributed by atoms with Crippen molar-refractivity contribution < 1.29 is 28.6 Å². The summed E-state index contributed by atoms with van der Waals surface area (Å²) in [6, 6.07) is 0. The van der Waals surface area contributed by atoms with Crippen LogP contribution >= 0.6 is 0 Å². The molecule has 0 aliphatic heterocycles. The van der Waals surface area contributed by atoms with Gasteiger partial charge in [0.05, 0.1) is 0 Å². The molecule has 0 aromatic carbocycles. The molecular weight excluding hydrogens is 781 g/mol.